The fourth-order valence-electron chi connectivity index (χ4n) is 2.90. The molecule has 0 saturated carbocycles. The number of benzene rings is 1. The maximum absolute atomic E-state index is 12.9. The SMILES string of the molecule is CC1CC(COP(=O)(OCC=O)Oc2ccccc2)OC1N(C)/C=C\C(=O)NC=O. The number of carbonyl (C=O) groups excluding carboxylic acids is 3. The van der Waals surface area contributed by atoms with Gasteiger partial charge in [0.2, 0.25) is 6.41 Å². The van der Waals surface area contributed by atoms with Gasteiger partial charge >= 0.3 is 7.82 Å². The summed E-state index contributed by atoms with van der Waals surface area (Å²) in [5.74, 6) is -0.190. The number of ether oxygens (including phenoxy) is 1. The molecule has 10 nitrogen and oxygen atoms in total. The number of nitrogens with zero attached hydrogens (tertiary/aromatic N) is 1. The molecule has 2 amide bonds. The monoisotopic (exact) mass is 440 g/mol. The second-order valence-electron chi connectivity index (χ2n) is 6.58. The first kappa shape index (κ1) is 23.8. The van der Waals surface area contributed by atoms with Gasteiger partial charge < -0.3 is 19.0 Å². The third kappa shape index (κ3) is 7.38. The average molecular weight is 440 g/mol. The topological polar surface area (TPSA) is 120 Å². The molecule has 1 aliphatic rings. The minimum atomic E-state index is -4.03. The summed E-state index contributed by atoms with van der Waals surface area (Å²) in [5.41, 5.74) is 0. The van der Waals surface area contributed by atoms with Crippen LogP contribution in [0.15, 0.2) is 42.6 Å². The number of nitrogens with one attached hydrogen (secondary N) is 1. The zero-order chi connectivity index (χ0) is 22.0. The number of para-hydroxylation sites is 1. The van der Waals surface area contributed by atoms with Gasteiger partial charge in [-0.3, -0.25) is 24.0 Å². The molecule has 0 spiro atoms. The van der Waals surface area contributed by atoms with E-state index >= 15 is 0 Å². The average Bonchev–Trinajstić information content (AvgIpc) is 3.11. The predicted molar refractivity (Wildman–Crippen MR) is 106 cm³/mol. The summed E-state index contributed by atoms with van der Waals surface area (Å²) < 4.78 is 34.6. The van der Waals surface area contributed by atoms with Gasteiger partial charge in [0.1, 0.15) is 24.9 Å². The highest BCUT2D eigenvalue weighted by Gasteiger charge is 2.37. The van der Waals surface area contributed by atoms with E-state index in [2.05, 4.69) is 0 Å². The van der Waals surface area contributed by atoms with Crippen LogP contribution in [0.3, 0.4) is 0 Å². The molecule has 1 aromatic rings. The zero-order valence-corrected chi connectivity index (χ0v) is 17.6. The van der Waals surface area contributed by atoms with Gasteiger partial charge in [-0.05, 0) is 18.6 Å². The van der Waals surface area contributed by atoms with Crippen LogP contribution in [-0.4, -0.2) is 56.1 Å². The van der Waals surface area contributed by atoms with E-state index < -0.39 is 26.4 Å². The van der Waals surface area contributed by atoms with Crippen molar-refractivity contribution in [2.24, 2.45) is 5.92 Å². The second-order valence-corrected chi connectivity index (χ2v) is 8.17. The minimum absolute atomic E-state index is 0.0764. The Bertz CT molecular complexity index is 788. The van der Waals surface area contributed by atoms with Crippen LogP contribution in [0.1, 0.15) is 13.3 Å². The van der Waals surface area contributed by atoms with Gasteiger partial charge in [-0.15, -0.1) is 0 Å². The van der Waals surface area contributed by atoms with Crippen LogP contribution >= 0.6 is 7.82 Å². The van der Waals surface area contributed by atoms with E-state index in [1.54, 1.807) is 42.3 Å². The normalized spacial score (nSPS) is 22.9. The molecule has 30 heavy (non-hydrogen) atoms. The molecule has 1 aromatic carbocycles. The first-order valence-corrected chi connectivity index (χ1v) is 10.7. The fourth-order valence-corrected chi connectivity index (χ4v) is 4.05. The highest BCUT2D eigenvalue weighted by molar-refractivity contribution is 7.49. The van der Waals surface area contributed by atoms with E-state index in [9.17, 15) is 18.9 Å². The van der Waals surface area contributed by atoms with Crippen molar-refractivity contribution < 1.29 is 37.3 Å². The van der Waals surface area contributed by atoms with E-state index in [0.717, 1.165) is 0 Å². The molecule has 1 N–H and O–H groups in total. The highest BCUT2D eigenvalue weighted by Crippen LogP contribution is 2.49. The Morgan fingerprint density at radius 1 is 1.30 bits per heavy atom. The number of phosphoric ester groups is 1. The van der Waals surface area contributed by atoms with Crippen LogP contribution in [0.25, 0.3) is 0 Å². The lowest BCUT2D eigenvalue weighted by Gasteiger charge is -2.26. The fraction of sp³-hybridized carbons (Fsp3) is 0.421. The lowest BCUT2D eigenvalue weighted by molar-refractivity contribution is -0.121. The van der Waals surface area contributed by atoms with Crippen LogP contribution in [-0.2, 0) is 32.7 Å². The molecule has 164 valence electrons. The van der Waals surface area contributed by atoms with Crippen molar-refractivity contribution in [3.63, 3.8) is 0 Å². The Morgan fingerprint density at radius 3 is 2.70 bits per heavy atom. The Kier molecular flexibility index (Phi) is 9.19. The minimum Gasteiger partial charge on any atom is -0.404 e. The van der Waals surface area contributed by atoms with E-state index in [-0.39, 0.29) is 24.5 Å². The van der Waals surface area contributed by atoms with Crippen molar-refractivity contribution in [1.29, 1.82) is 0 Å². The molecule has 1 heterocycles. The summed E-state index contributed by atoms with van der Waals surface area (Å²) in [7, 11) is -2.30. The van der Waals surface area contributed by atoms with Crippen LogP contribution in [0.2, 0.25) is 0 Å². The number of imide groups is 1. The van der Waals surface area contributed by atoms with Gasteiger partial charge in [0, 0.05) is 25.2 Å². The van der Waals surface area contributed by atoms with Crippen molar-refractivity contribution >= 4 is 26.4 Å². The van der Waals surface area contributed by atoms with Gasteiger partial charge in [0.25, 0.3) is 5.91 Å². The predicted octanol–water partition coefficient (Wildman–Crippen LogP) is 1.87. The van der Waals surface area contributed by atoms with Crippen molar-refractivity contribution in [3.8, 4) is 5.75 Å². The third-order valence-electron chi connectivity index (χ3n) is 4.20. The summed E-state index contributed by atoms with van der Waals surface area (Å²) in [6.07, 6.45) is 3.31. The molecule has 2 rings (SSSR count). The summed E-state index contributed by atoms with van der Waals surface area (Å²) in [6.45, 7) is 1.45. The quantitative estimate of drug-likeness (QED) is 0.295. The lowest BCUT2D eigenvalue weighted by Crippen LogP contribution is -2.32. The summed E-state index contributed by atoms with van der Waals surface area (Å²) in [6, 6.07) is 8.35. The number of hydrogen-bond acceptors (Lipinski definition) is 9. The Balaban J connectivity index is 1.94. The van der Waals surface area contributed by atoms with E-state index in [0.29, 0.717) is 19.1 Å². The molecule has 4 atom stereocenters. The van der Waals surface area contributed by atoms with Crippen LogP contribution in [0, 0.1) is 5.92 Å². The number of amides is 2. The Morgan fingerprint density at radius 2 is 2.03 bits per heavy atom. The number of aldehydes is 1. The Hall–Kier alpha value is -2.52. The number of rotatable bonds is 12. The largest absolute Gasteiger partial charge is 0.530 e. The number of phosphoric acid groups is 1. The molecule has 0 radical (unpaired) electrons. The van der Waals surface area contributed by atoms with Gasteiger partial charge in [0.05, 0.1) is 12.7 Å². The third-order valence-corrected chi connectivity index (χ3v) is 5.56. The first-order valence-electron chi connectivity index (χ1n) is 9.24. The molecule has 1 fully saturated rings. The molecular weight excluding hydrogens is 415 g/mol. The molecule has 4 unspecified atom stereocenters. The van der Waals surface area contributed by atoms with Crippen LogP contribution in [0.4, 0.5) is 0 Å². The maximum Gasteiger partial charge on any atom is 0.530 e. The summed E-state index contributed by atoms with van der Waals surface area (Å²) in [4.78, 5) is 33.9. The molecule has 1 aliphatic heterocycles. The molecule has 0 aliphatic carbocycles. The summed E-state index contributed by atoms with van der Waals surface area (Å²) in [5, 5.41) is 2.01. The highest BCUT2D eigenvalue weighted by atomic mass is 31.2. The van der Waals surface area contributed by atoms with E-state index in [4.69, 9.17) is 18.3 Å². The van der Waals surface area contributed by atoms with Crippen molar-refractivity contribution in [1.82, 2.24) is 10.2 Å². The summed E-state index contributed by atoms with van der Waals surface area (Å²) >= 11 is 0. The van der Waals surface area contributed by atoms with Crippen molar-refractivity contribution in [2.75, 3.05) is 20.3 Å². The molecule has 1 saturated heterocycles. The number of carbonyl (C=O) groups is 3. The van der Waals surface area contributed by atoms with Gasteiger partial charge in [-0.1, -0.05) is 25.1 Å². The molecule has 0 bridgehead atoms. The van der Waals surface area contributed by atoms with Crippen LogP contribution in [0.5, 0.6) is 5.75 Å². The van der Waals surface area contributed by atoms with Gasteiger partial charge in [0.15, 0.2) is 0 Å². The van der Waals surface area contributed by atoms with Gasteiger partial charge in [-0.2, -0.15) is 0 Å². The molecule has 0 aromatic heterocycles. The maximum atomic E-state index is 12.9. The lowest BCUT2D eigenvalue weighted by atomic mass is 10.1. The standard InChI is InChI=1S/C19H25N2O8P/c1-15-12-17(28-19(15)21(2)9-8-18(24)20-14-23)13-27-30(25,26-11-10-22)29-16-6-4-3-5-7-16/h3-10,14-15,17,19H,11-13H2,1-2H3,(H,20,23,24)/b9-8-. The molecular formula is C19H25N2O8P. The van der Waals surface area contributed by atoms with Gasteiger partial charge in [-0.25, -0.2) is 4.57 Å². The molecule has 11 heteroatoms. The Labute approximate surface area is 174 Å². The van der Waals surface area contributed by atoms with Crippen LogP contribution < -0.4 is 9.84 Å². The smallest absolute Gasteiger partial charge is 0.404 e. The first-order chi connectivity index (χ1) is 14.4. The van der Waals surface area contributed by atoms with Crippen molar-refractivity contribution in [2.45, 2.75) is 25.7 Å². The number of hydrogen-bond donors (Lipinski definition) is 1. The van der Waals surface area contributed by atoms with E-state index in [1.807, 2.05) is 12.2 Å². The van der Waals surface area contributed by atoms with Crippen molar-refractivity contribution in [3.05, 3.63) is 42.6 Å². The zero-order valence-electron chi connectivity index (χ0n) is 16.7. The van der Waals surface area contributed by atoms with E-state index in [1.165, 1.54) is 12.3 Å². The second kappa shape index (κ2) is 11.6.